The Bertz CT molecular complexity index is 196. The van der Waals surface area contributed by atoms with Crippen molar-refractivity contribution in [1.82, 2.24) is 4.90 Å². The number of amides is 2. The zero-order valence-electron chi connectivity index (χ0n) is 7.81. The lowest BCUT2D eigenvalue weighted by Gasteiger charge is -2.36. The van der Waals surface area contributed by atoms with Gasteiger partial charge in [-0.1, -0.05) is 0 Å². The van der Waals surface area contributed by atoms with Crippen molar-refractivity contribution in [1.29, 1.82) is 0 Å². The Kier molecular flexibility index (Phi) is 3.11. The number of nitrogens with two attached hydrogens (primary N) is 2. The standard InChI is InChI=1S/C8H17N3O2/c1-5(12)6-2-7(9)4-11(3-6)8(10)13/h5-7,12H,2-4,9H2,1H3,(H2,10,13). The van der Waals surface area contributed by atoms with Gasteiger partial charge in [-0.25, -0.2) is 4.79 Å². The van der Waals surface area contributed by atoms with Gasteiger partial charge in [0.05, 0.1) is 6.10 Å². The van der Waals surface area contributed by atoms with Crippen LogP contribution in [-0.2, 0) is 0 Å². The molecule has 5 nitrogen and oxygen atoms in total. The maximum atomic E-state index is 10.9. The lowest BCUT2D eigenvalue weighted by Crippen LogP contribution is -2.53. The summed E-state index contributed by atoms with van der Waals surface area (Å²) in [5.74, 6) is 0.0521. The number of carbonyl (C=O) groups excluding carboxylic acids is 1. The predicted octanol–water partition coefficient (Wildman–Crippen LogP) is -0.905. The van der Waals surface area contributed by atoms with Crippen molar-refractivity contribution in [3.63, 3.8) is 0 Å². The number of hydrogen-bond donors (Lipinski definition) is 3. The number of rotatable bonds is 1. The molecule has 1 saturated heterocycles. The molecule has 0 bridgehead atoms. The van der Waals surface area contributed by atoms with Crippen molar-refractivity contribution in [3.05, 3.63) is 0 Å². The highest BCUT2D eigenvalue weighted by molar-refractivity contribution is 5.72. The summed E-state index contributed by atoms with van der Waals surface area (Å²) in [4.78, 5) is 12.4. The topological polar surface area (TPSA) is 92.6 Å². The fraction of sp³-hybridized carbons (Fsp3) is 0.875. The fourth-order valence-corrected chi connectivity index (χ4v) is 1.71. The average molecular weight is 187 g/mol. The summed E-state index contributed by atoms with van der Waals surface area (Å²) in [6.45, 7) is 2.72. The molecule has 0 radical (unpaired) electrons. The predicted molar refractivity (Wildman–Crippen MR) is 48.9 cm³/mol. The van der Waals surface area contributed by atoms with E-state index in [1.54, 1.807) is 6.92 Å². The first-order chi connectivity index (χ1) is 6.00. The van der Waals surface area contributed by atoms with Crippen molar-refractivity contribution in [2.24, 2.45) is 17.4 Å². The van der Waals surface area contributed by atoms with Gasteiger partial charge in [-0.05, 0) is 13.3 Å². The summed E-state index contributed by atoms with van der Waals surface area (Å²) in [5.41, 5.74) is 10.9. The summed E-state index contributed by atoms with van der Waals surface area (Å²) in [6.07, 6.45) is 0.315. The zero-order valence-corrected chi connectivity index (χ0v) is 7.81. The van der Waals surface area contributed by atoms with Gasteiger partial charge in [-0.2, -0.15) is 0 Å². The van der Waals surface area contributed by atoms with Gasteiger partial charge in [0.2, 0.25) is 0 Å². The van der Waals surface area contributed by atoms with Crippen molar-refractivity contribution in [3.8, 4) is 0 Å². The van der Waals surface area contributed by atoms with E-state index in [2.05, 4.69) is 0 Å². The molecule has 0 aliphatic carbocycles. The van der Waals surface area contributed by atoms with E-state index in [9.17, 15) is 9.90 Å². The van der Waals surface area contributed by atoms with Crippen LogP contribution < -0.4 is 11.5 Å². The Labute approximate surface area is 77.7 Å². The molecule has 0 aromatic rings. The Morgan fingerprint density at radius 3 is 2.69 bits per heavy atom. The fourth-order valence-electron chi connectivity index (χ4n) is 1.71. The maximum Gasteiger partial charge on any atom is 0.314 e. The minimum Gasteiger partial charge on any atom is -0.393 e. The molecule has 0 aromatic carbocycles. The molecule has 3 unspecified atom stereocenters. The molecule has 0 aromatic heterocycles. The summed E-state index contributed by atoms with van der Waals surface area (Å²) >= 11 is 0. The molecule has 3 atom stereocenters. The second kappa shape index (κ2) is 3.93. The monoisotopic (exact) mass is 187 g/mol. The third-order valence-corrected chi connectivity index (χ3v) is 2.51. The van der Waals surface area contributed by atoms with Crippen LogP contribution in [0.5, 0.6) is 0 Å². The van der Waals surface area contributed by atoms with Crippen LogP contribution in [0.3, 0.4) is 0 Å². The molecular weight excluding hydrogens is 170 g/mol. The lowest BCUT2D eigenvalue weighted by molar-refractivity contribution is 0.0685. The van der Waals surface area contributed by atoms with Gasteiger partial charge in [0.1, 0.15) is 0 Å². The van der Waals surface area contributed by atoms with E-state index >= 15 is 0 Å². The third kappa shape index (κ3) is 2.57. The average Bonchev–Trinajstić information content (AvgIpc) is 2.03. The number of aliphatic hydroxyl groups is 1. The second-order valence-corrected chi connectivity index (χ2v) is 3.74. The Morgan fingerprint density at radius 2 is 2.23 bits per heavy atom. The zero-order chi connectivity index (χ0) is 10.0. The summed E-state index contributed by atoms with van der Waals surface area (Å²) < 4.78 is 0. The van der Waals surface area contributed by atoms with Crippen LogP contribution >= 0.6 is 0 Å². The van der Waals surface area contributed by atoms with Crippen LogP contribution in [0.1, 0.15) is 13.3 Å². The first-order valence-corrected chi connectivity index (χ1v) is 4.48. The summed E-state index contributed by atoms with van der Waals surface area (Å²) in [7, 11) is 0. The van der Waals surface area contributed by atoms with Crippen LogP contribution in [0.4, 0.5) is 4.79 Å². The molecule has 1 fully saturated rings. The van der Waals surface area contributed by atoms with Crippen molar-refractivity contribution in [2.75, 3.05) is 13.1 Å². The second-order valence-electron chi connectivity index (χ2n) is 3.74. The van der Waals surface area contributed by atoms with Crippen molar-refractivity contribution >= 4 is 6.03 Å². The molecule has 1 heterocycles. The molecule has 1 rings (SSSR count). The Hall–Kier alpha value is -0.810. The Balaban J connectivity index is 2.57. The smallest absolute Gasteiger partial charge is 0.314 e. The minimum atomic E-state index is -0.458. The Morgan fingerprint density at radius 1 is 1.62 bits per heavy atom. The molecule has 5 heteroatoms. The van der Waals surface area contributed by atoms with Crippen LogP contribution in [0.15, 0.2) is 0 Å². The number of likely N-dealkylation sites (tertiary alicyclic amines) is 1. The normalized spacial score (nSPS) is 31.5. The van der Waals surface area contributed by atoms with Gasteiger partial charge in [0.25, 0.3) is 0 Å². The van der Waals surface area contributed by atoms with Gasteiger partial charge >= 0.3 is 6.03 Å². The van der Waals surface area contributed by atoms with Crippen molar-refractivity contribution < 1.29 is 9.90 Å². The largest absolute Gasteiger partial charge is 0.393 e. The molecule has 0 saturated carbocycles. The number of nitrogens with zero attached hydrogens (tertiary/aromatic N) is 1. The maximum absolute atomic E-state index is 10.9. The van der Waals surface area contributed by atoms with E-state index in [1.165, 1.54) is 4.90 Å². The number of primary amides is 1. The molecule has 1 aliphatic rings. The number of aliphatic hydroxyl groups excluding tert-OH is 1. The van der Waals surface area contributed by atoms with E-state index in [0.29, 0.717) is 13.1 Å². The molecule has 1 aliphatic heterocycles. The van der Waals surface area contributed by atoms with Crippen LogP contribution in [-0.4, -0.2) is 41.3 Å². The number of piperidine rings is 1. The quantitative estimate of drug-likeness (QED) is 0.496. The molecular formula is C8H17N3O2. The first kappa shape index (κ1) is 10.3. The van der Waals surface area contributed by atoms with Gasteiger partial charge in [-0.3, -0.25) is 0 Å². The summed E-state index contributed by atoms with van der Waals surface area (Å²) in [5, 5.41) is 9.36. The van der Waals surface area contributed by atoms with Gasteiger partial charge in [0, 0.05) is 25.0 Å². The van der Waals surface area contributed by atoms with E-state index in [0.717, 1.165) is 6.42 Å². The van der Waals surface area contributed by atoms with Crippen LogP contribution in [0.2, 0.25) is 0 Å². The van der Waals surface area contributed by atoms with Crippen molar-refractivity contribution in [2.45, 2.75) is 25.5 Å². The van der Waals surface area contributed by atoms with Crippen LogP contribution in [0.25, 0.3) is 0 Å². The van der Waals surface area contributed by atoms with E-state index in [4.69, 9.17) is 11.5 Å². The number of carbonyl (C=O) groups is 1. The lowest BCUT2D eigenvalue weighted by atomic mass is 9.91. The molecule has 2 amide bonds. The minimum absolute atomic E-state index is 0.0521. The van der Waals surface area contributed by atoms with Gasteiger partial charge in [0.15, 0.2) is 0 Å². The highest BCUT2D eigenvalue weighted by Crippen LogP contribution is 2.18. The number of hydrogen-bond acceptors (Lipinski definition) is 3. The highest BCUT2D eigenvalue weighted by Gasteiger charge is 2.29. The first-order valence-electron chi connectivity index (χ1n) is 4.48. The van der Waals surface area contributed by atoms with Crippen LogP contribution in [0, 0.1) is 5.92 Å². The highest BCUT2D eigenvalue weighted by atomic mass is 16.3. The third-order valence-electron chi connectivity index (χ3n) is 2.51. The number of urea groups is 1. The molecule has 0 spiro atoms. The molecule has 13 heavy (non-hydrogen) atoms. The summed E-state index contributed by atoms with van der Waals surface area (Å²) in [6, 6.07) is -0.526. The SMILES string of the molecule is CC(O)C1CC(N)CN(C(N)=O)C1. The molecule has 76 valence electrons. The van der Waals surface area contributed by atoms with Gasteiger partial charge < -0.3 is 21.5 Å². The van der Waals surface area contributed by atoms with E-state index < -0.39 is 12.1 Å². The van der Waals surface area contributed by atoms with Gasteiger partial charge in [-0.15, -0.1) is 0 Å². The molecule has 5 N–H and O–H groups in total. The van der Waals surface area contributed by atoms with E-state index in [1.807, 2.05) is 0 Å². The van der Waals surface area contributed by atoms with E-state index in [-0.39, 0.29) is 12.0 Å².